The molecule has 0 fully saturated rings. The molecule has 0 amide bonds. The van der Waals surface area contributed by atoms with Crippen LogP contribution in [-0.4, -0.2) is 21.8 Å². The van der Waals surface area contributed by atoms with Crippen LogP contribution in [0.1, 0.15) is 72.5 Å². The molecule has 10 aromatic rings. The van der Waals surface area contributed by atoms with E-state index in [0.29, 0.717) is 0 Å². The van der Waals surface area contributed by atoms with Gasteiger partial charge in [-0.2, -0.15) is 55.2 Å². The maximum Gasteiger partial charge on any atom is 0.0686 e. The molecule has 3 nitrogen and oxygen atoms in total. The fourth-order valence-electron chi connectivity index (χ4n) is 13.3. The van der Waals surface area contributed by atoms with Crippen molar-refractivity contribution in [1.29, 1.82) is 0 Å². The second-order valence-corrected chi connectivity index (χ2v) is 19.6. The maximum atomic E-state index is 5.43. The summed E-state index contributed by atoms with van der Waals surface area (Å²) in [6.07, 6.45) is 6.37. The Morgan fingerprint density at radius 3 is 1.28 bits per heavy atom. The summed E-state index contributed by atoms with van der Waals surface area (Å²) in [5.41, 5.74) is 22.4. The third-order valence-electron chi connectivity index (χ3n) is 16.1. The van der Waals surface area contributed by atoms with E-state index >= 15 is 0 Å². The third kappa shape index (κ3) is 5.86. The van der Waals surface area contributed by atoms with E-state index in [4.69, 9.17) is 4.98 Å². The molecule has 72 heavy (non-hydrogen) atoms. The fraction of sp³-hybridized carbons (Fsp3) is 0.0882. The van der Waals surface area contributed by atoms with Gasteiger partial charge in [-0.3, -0.25) is 4.98 Å². The van der Waals surface area contributed by atoms with Gasteiger partial charge in [0, 0.05) is 32.7 Å². The molecule has 2 heterocycles. The van der Waals surface area contributed by atoms with Gasteiger partial charge in [-0.15, -0.1) is 22.3 Å². The minimum Gasteiger partial charge on any atom is -0.511 e. The molecule has 0 saturated carbocycles. The molecular weight excluding hydrogens is 1050 g/mol. The zero-order valence-corrected chi connectivity index (χ0v) is 42.4. The van der Waals surface area contributed by atoms with E-state index in [1.807, 2.05) is 6.20 Å². The number of aromatic nitrogens is 1. The van der Waals surface area contributed by atoms with Crippen molar-refractivity contribution < 1.29 is 21.1 Å². The normalized spacial score (nSPS) is 15.5. The van der Waals surface area contributed by atoms with Crippen LogP contribution in [0.5, 0.6) is 0 Å². The van der Waals surface area contributed by atoms with Crippen molar-refractivity contribution in [3.63, 3.8) is 0 Å². The smallest absolute Gasteiger partial charge is 0.0686 e. The molecule has 1 aromatic heterocycles. The van der Waals surface area contributed by atoms with Crippen LogP contribution < -0.4 is 0 Å². The Kier molecular flexibility index (Phi) is 10.2. The average molecular weight is 1100 g/mol. The van der Waals surface area contributed by atoms with Gasteiger partial charge in [0.15, 0.2) is 0 Å². The van der Waals surface area contributed by atoms with Crippen molar-refractivity contribution in [2.24, 2.45) is 0 Å². The van der Waals surface area contributed by atoms with E-state index in [9.17, 15) is 0 Å². The summed E-state index contributed by atoms with van der Waals surface area (Å²) in [7, 11) is 2.10. The van der Waals surface area contributed by atoms with Crippen LogP contribution in [0.25, 0.3) is 44.5 Å². The Balaban J connectivity index is 0.00000504. The molecule has 0 radical (unpaired) electrons. The van der Waals surface area contributed by atoms with Gasteiger partial charge in [-0.1, -0.05) is 164 Å². The number of rotatable bonds is 7. The summed E-state index contributed by atoms with van der Waals surface area (Å²) in [4.78, 5) is 9.96. The van der Waals surface area contributed by atoms with Crippen molar-refractivity contribution >= 4 is 0 Å². The molecule has 9 aromatic carbocycles. The van der Waals surface area contributed by atoms with Crippen molar-refractivity contribution in [3.8, 4) is 44.5 Å². The van der Waals surface area contributed by atoms with Gasteiger partial charge in [-0.05, 0) is 134 Å². The fourth-order valence-corrected chi connectivity index (χ4v) is 13.3. The summed E-state index contributed by atoms with van der Waals surface area (Å²) in [6.45, 7) is 6.64. The Hall–Kier alpha value is -7.84. The second-order valence-electron chi connectivity index (χ2n) is 19.6. The zero-order chi connectivity index (χ0) is 47.5. The van der Waals surface area contributed by atoms with Gasteiger partial charge in [0.1, 0.15) is 0 Å². The van der Waals surface area contributed by atoms with Gasteiger partial charge >= 0.3 is 0 Å². The first kappa shape index (κ1) is 44.1. The molecule has 348 valence electrons. The number of hydrogen-bond donors (Lipinski definition) is 0. The van der Waals surface area contributed by atoms with Crippen molar-refractivity contribution in [1.82, 2.24) is 14.8 Å². The number of hydrogen-bond acceptors (Lipinski definition) is 3. The van der Waals surface area contributed by atoms with Gasteiger partial charge in [0.05, 0.1) is 16.6 Å². The number of fused-ring (bicyclic) bond motifs is 9. The summed E-state index contributed by atoms with van der Waals surface area (Å²) < 4.78 is 0. The summed E-state index contributed by atoms with van der Waals surface area (Å²) in [6, 6.07) is 87.2. The maximum absolute atomic E-state index is 5.43. The van der Waals surface area contributed by atoms with Crippen LogP contribution in [0.2, 0.25) is 0 Å². The molecule has 14 rings (SSSR count). The van der Waals surface area contributed by atoms with Crippen LogP contribution in [0.4, 0.5) is 0 Å². The molecule has 3 aliphatic carbocycles. The molecule has 0 spiro atoms. The molecule has 0 saturated heterocycles. The zero-order valence-electron chi connectivity index (χ0n) is 40.2. The Bertz CT molecular complexity index is 3690. The molecular formula is C68H48N3Pt-3. The summed E-state index contributed by atoms with van der Waals surface area (Å²) >= 11 is 0. The quantitative estimate of drug-likeness (QED) is 0.148. The van der Waals surface area contributed by atoms with Crippen molar-refractivity contribution in [2.45, 2.75) is 30.2 Å². The molecule has 0 unspecified atom stereocenters. The van der Waals surface area contributed by atoms with Crippen LogP contribution >= 0.6 is 0 Å². The standard InChI is InChI=1S/C68H48N3.Pt/c1-45-19-16-20-46(2)65(45)47-37-38-69-64(41-47)67(60-33-12-6-27-54(60)55-28-7-13-34-61(55)67)50-23-17-21-48(42-50)66(58-31-10-4-25-52(58)53-26-5-11-32-59(53)66)49-22-18-24-51(43-49)68(71-40-39-70(3)44-71)62-35-14-8-29-56(62)57-30-9-15-36-63(57)68;/h4-41,44H,1-3H3;/q-3;. The number of aryl methyl sites for hydroxylation is 2. The van der Waals surface area contributed by atoms with Gasteiger partial charge in [0.2, 0.25) is 0 Å². The van der Waals surface area contributed by atoms with E-state index in [2.05, 4.69) is 274 Å². The van der Waals surface area contributed by atoms with Gasteiger partial charge in [0.25, 0.3) is 0 Å². The minimum absolute atomic E-state index is 0. The van der Waals surface area contributed by atoms with Crippen molar-refractivity contribution in [2.75, 3.05) is 7.05 Å². The van der Waals surface area contributed by atoms with E-state index in [-0.39, 0.29) is 21.1 Å². The first-order valence-electron chi connectivity index (χ1n) is 24.7. The first-order chi connectivity index (χ1) is 34.9. The molecule has 4 aliphatic rings. The van der Waals surface area contributed by atoms with E-state index < -0.39 is 16.4 Å². The van der Waals surface area contributed by atoms with Gasteiger partial charge in [-0.25, -0.2) is 0 Å². The van der Waals surface area contributed by atoms with Crippen molar-refractivity contribution in [3.05, 3.63) is 322 Å². The third-order valence-corrected chi connectivity index (χ3v) is 16.1. The summed E-state index contributed by atoms with van der Waals surface area (Å²) in [5, 5.41) is 0. The van der Waals surface area contributed by atoms with E-state index in [0.717, 1.165) is 33.5 Å². The minimum atomic E-state index is -0.814. The molecule has 0 N–H and O–H groups in total. The Labute approximate surface area is 437 Å². The van der Waals surface area contributed by atoms with Gasteiger partial charge < -0.3 is 9.80 Å². The topological polar surface area (TPSA) is 19.4 Å². The molecule has 1 aliphatic heterocycles. The largest absolute Gasteiger partial charge is 0.511 e. The van der Waals surface area contributed by atoms with Crippen LogP contribution in [0.15, 0.2) is 231 Å². The SMILES string of the molecule is Cc1cccc(C)c1-c1ccnc(C2(c3[c-]c(C4(c5[c-]c(C6(N7C=CN(C)[CH-]7)c7ccccc7-c7ccccc76)ccc5)c5ccccc5-c5ccccc54)ccc3)c3ccccc3-c3ccccc32)c1.[Pt]. The number of pyridine rings is 1. The predicted molar refractivity (Wildman–Crippen MR) is 286 cm³/mol. The predicted octanol–water partition coefficient (Wildman–Crippen LogP) is 14.8. The molecule has 4 heteroatoms. The average Bonchev–Trinajstić information content (AvgIpc) is 4.16. The van der Waals surface area contributed by atoms with E-state index in [1.165, 1.54) is 83.5 Å². The summed E-state index contributed by atoms with van der Waals surface area (Å²) in [5.74, 6) is 0. The Morgan fingerprint density at radius 1 is 0.417 bits per heavy atom. The molecule has 0 bridgehead atoms. The monoisotopic (exact) mass is 1100 g/mol. The van der Waals surface area contributed by atoms with Crippen LogP contribution in [0.3, 0.4) is 0 Å². The second kappa shape index (κ2) is 16.6. The van der Waals surface area contributed by atoms with Crippen LogP contribution in [-0.2, 0) is 37.4 Å². The van der Waals surface area contributed by atoms with Crippen LogP contribution in [0, 0.1) is 32.6 Å². The first-order valence-corrected chi connectivity index (χ1v) is 24.7. The number of nitrogens with zero attached hydrogens (tertiary/aromatic N) is 3. The van der Waals surface area contributed by atoms with E-state index in [1.54, 1.807) is 0 Å². The number of benzene rings is 9. The Morgan fingerprint density at radius 2 is 0.806 bits per heavy atom. The molecule has 0 atom stereocenters.